The van der Waals surface area contributed by atoms with Crippen molar-refractivity contribution in [3.05, 3.63) is 83.9 Å². The normalized spacial score (nSPS) is 11.5. The van der Waals surface area contributed by atoms with Gasteiger partial charge in [0.2, 0.25) is 0 Å². The number of hydrogen-bond acceptors (Lipinski definition) is 0. The summed E-state index contributed by atoms with van der Waals surface area (Å²) in [6.45, 7) is 9.09. The molecule has 0 saturated carbocycles. The van der Waals surface area contributed by atoms with Crippen LogP contribution in [0, 0.1) is 6.92 Å². The summed E-state index contributed by atoms with van der Waals surface area (Å²) in [5.41, 5.74) is 8.06. The van der Waals surface area contributed by atoms with Gasteiger partial charge in [-0.05, 0) is 45.7 Å². The molecule has 3 rings (SSSR count). The molecular weight excluding hydrogens is 276 g/mol. The van der Waals surface area contributed by atoms with E-state index in [1.54, 1.807) is 0 Å². The Labute approximate surface area is 139 Å². The maximum atomic E-state index is 2.32. The van der Waals surface area contributed by atoms with Gasteiger partial charge in [0.25, 0.3) is 0 Å². The first-order valence-electron chi connectivity index (χ1n) is 8.23. The van der Waals surface area contributed by atoms with E-state index in [0.29, 0.717) is 0 Å². The summed E-state index contributed by atoms with van der Waals surface area (Å²) < 4.78 is 0. The van der Waals surface area contributed by atoms with Crippen molar-refractivity contribution in [1.29, 1.82) is 0 Å². The summed E-state index contributed by atoms with van der Waals surface area (Å²) in [5.74, 6) is 0. The molecule has 0 saturated heterocycles. The van der Waals surface area contributed by atoms with Crippen LogP contribution in [0.4, 0.5) is 0 Å². The van der Waals surface area contributed by atoms with Crippen LogP contribution < -0.4 is 0 Å². The lowest BCUT2D eigenvalue weighted by molar-refractivity contribution is 0.593. The number of hydrogen-bond donors (Lipinski definition) is 0. The smallest absolute Gasteiger partial charge is 0.0120 e. The highest BCUT2D eigenvalue weighted by atomic mass is 14.3. The van der Waals surface area contributed by atoms with Gasteiger partial charge in [-0.1, -0.05) is 93.6 Å². The second-order valence-electron chi connectivity index (χ2n) is 7.22. The summed E-state index contributed by atoms with van der Waals surface area (Å²) in [5, 5.41) is 0. The molecule has 0 heterocycles. The summed E-state index contributed by atoms with van der Waals surface area (Å²) in [6.07, 6.45) is 0. The predicted molar refractivity (Wildman–Crippen MR) is 101 cm³/mol. The van der Waals surface area contributed by atoms with Crippen molar-refractivity contribution in [2.45, 2.75) is 33.1 Å². The quantitative estimate of drug-likeness (QED) is 0.498. The second-order valence-corrected chi connectivity index (χ2v) is 7.22. The van der Waals surface area contributed by atoms with Crippen LogP contribution in [0.3, 0.4) is 0 Å². The van der Waals surface area contributed by atoms with E-state index in [1.165, 1.54) is 33.4 Å². The topological polar surface area (TPSA) is 0 Å². The minimum atomic E-state index is 0.0735. The molecule has 0 nitrogen and oxygen atoms in total. The van der Waals surface area contributed by atoms with Gasteiger partial charge in [0.05, 0.1) is 0 Å². The second kappa shape index (κ2) is 6.04. The van der Waals surface area contributed by atoms with Gasteiger partial charge in [-0.2, -0.15) is 0 Å². The molecule has 0 N–H and O–H groups in total. The van der Waals surface area contributed by atoms with Gasteiger partial charge in [0.15, 0.2) is 0 Å². The lowest BCUT2D eigenvalue weighted by Gasteiger charge is -2.28. The Kier molecular flexibility index (Phi) is 4.09. The Morgan fingerprint density at radius 1 is 0.609 bits per heavy atom. The molecule has 0 aromatic heterocycles. The molecule has 0 atom stereocenters. The zero-order valence-corrected chi connectivity index (χ0v) is 14.4. The maximum absolute atomic E-state index is 2.32. The van der Waals surface area contributed by atoms with Crippen LogP contribution in [0.15, 0.2) is 72.8 Å². The Hall–Kier alpha value is -2.34. The molecule has 3 aromatic rings. The maximum Gasteiger partial charge on any atom is -0.0120 e. The fraction of sp³-hybridized carbons (Fsp3) is 0.217. The first-order valence-corrected chi connectivity index (χ1v) is 8.23. The van der Waals surface area contributed by atoms with E-state index in [-0.39, 0.29) is 5.41 Å². The Balaban J connectivity index is 2.35. The number of rotatable bonds is 2. The van der Waals surface area contributed by atoms with Gasteiger partial charge in [0.1, 0.15) is 0 Å². The van der Waals surface area contributed by atoms with Gasteiger partial charge in [0, 0.05) is 0 Å². The van der Waals surface area contributed by atoms with Crippen LogP contribution >= 0.6 is 0 Å². The molecule has 0 amide bonds. The largest absolute Gasteiger partial charge is 0.0622 e. The van der Waals surface area contributed by atoms with Gasteiger partial charge in [-0.3, -0.25) is 0 Å². The van der Waals surface area contributed by atoms with E-state index in [9.17, 15) is 0 Å². The molecule has 0 fully saturated rings. The summed E-state index contributed by atoms with van der Waals surface area (Å²) in [4.78, 5) is 0. The molecule has 0 radical (unpaired) electrons. The van der Waals surface area contributed by atoms with Crippen LogP contribution in [0.1, 0.15) is 31.9 Å². The Morgan fingerprint density at radius 3 is 1.35 bits per heavy atom. The van der Waals surface area contributed by atoms with Crippen molar-refractivity contribution < 1.29 is 0 Å². The number of aryl methyl sites for hydroxylation is 1. The van der Waals surface area contributed by atoms with E-state index in [1.807, 2.05) is 0 Å². The Bertz CT molecular complexity index is 730. The zero-order chi connectivity index (χ0) is 16.4. The van der Waals surface area contributed by atoms with Crippen molar-refractivity contribution in [1.82, 2.24) is 0 Å². The van der Waals surface area contributed by atoms with Gasteiger partial charge >= 0.3 is 0 Å². The van der Waals surface area contributed by atoms with Gasteiger partial charge < -0.3 is 0 Å². The summed E-state index contributed by atoms with van der Waals surface area (Å²) >= 11 is 0. The molecule has 116 valence electrons. The van der Waals surface area contributed by atoms with E-state index < -0.39 is 0 Å². The van der Waals surface area contributed by atoms with Crippen LogP contribution in [-0.4, -0.2) is 0 Å². The van der Waals surface area contributed by atoms with E-state index in [4.69, 9.17) is 0 Å². The summed E-state index contributed by atoms with van der Waals surface area (Å²) in [6, 6.07) is 26.1. The molecule has 0 heteroatoms. The molecular formula is C23H24. The minimum Gasteiger partial charge on any atom is -0.0622 e. The third-order valence-electron chi connectivity index (χ3n) is 4.20. The van der Waals surface area contributed by atoms with Crippen molar-refractivity contribution >= 4 is 0 Å². The SMILES string of the molecule is Cc1cc(-c2ccccc2)c(C(C)(C)C)c(-c2ccccc2)c1. The van der Waals surface area contributed by atoms with Crippen molar-refractivity contribution in [2.24, 2.45) is 0 Å². The molecule has 0 aliphatic heterocycles. The summed E-state index contributed by atoms with van der Waals surface area (Å²) in [7, 11) is 0. The predicted octanol–water partition coefficient (Wildman–Crippen LogP) is 6.63. The third kappa shape index (κ3) is 3.22. The highest BCUT2D eigenvalue weighted by molar-refractivity contribution is 5.81. The fourth-order valence-corrected chi connectivity index (χ4v) is 3.29. The monoisotopic (exact) mass is 300 g/mol. The average molecular weight is 300 g/mol. The molecule has 23 heavy (non-hydrogen) atoms. The zero-order valence-electron chi connectivity index (χ0n) is 14.4. The standard InChI is InChI=1S/C23H24/c1-17-15-20(18-11-7-5-8-12-18)22(23(2,3)4)21(16-17)19-13-9-6-10-14-19/h5-16H,1-4H3. The molecule has 0 aliphatic rings. The molecule has 0 bridgehead atoms. The van der Waals surface area contributed by atoms with Gasteiger partial charge in [-0.25, -0.2) is 0 Å². The van der Waals surface area contributed by atoms with Crippen LogP contribution in [0.25, 0.3) is 22.3 Å². The van der Waals surface area contributed by atoms with Crippen LogP contribution in [0.5, 0.6) is 0 Å². The number of benzene rings is 3. The molecule has 0 unspecified atom stereocenters. The minimum absolute atomic E-state index is 0.0735. The lowest BCUT2D eigenvalue weighted by Crippen LogP contribution is -2.15. The van der Waals surface area contributed by atoms with Crippen molar-refractivity contribution in [2.75, 3.05) is 0 Å². The van der Waals surface area contributed by atoms with E-state index in [2.05, 4.69) is 100 Å². The third-order valence-corrected chi connectivity index (χ3v) is 4.20. The highest BCUT2D eigenvalue weighted by Crippen LogP contribution is 2.41. The molecule has 0 aliphatic carbocycles. The highest BCUT2D eigenvalue weighted by Gasteiger charge is 2.23. The van der Waals surface area contributed by atoms with Crippen molar-refractivity contribution in [3.8, 4) is 22.3 Å². The average Bonchev–Trinajstić information content (AvgIpc) is 2.54. The lowest BCUT2D eigenvalue weighted by atomic mass is 9.76. The molecule has 0 spiro atoms. The van der Waals surface area contributed by atoms with E-state index >= 15 is 0 Å². The van der Waals surface area contributed by atoms with E-state index in [0.717, 1.165) is 0 Å². The van der Waals surface area contributed by atoms with Crippen LogP contribution in [-0.2, 0) is 5.41 Å². The first-order chi connectivity index (χ1) is 11.0. The fourth-order valence-electron chi connectivity index (χ4n) is 3.29. The van der Waals surface area contributed by atoms with Crippen molar-refractivity contribution in [3.63, 3.8) is 0 Å². The van der Waals surface area contributed by atoms with Crippen LogP contribution in [0.2, 0.25) is 0 Å². The Morgan fingerprint density at radius 2 is 1.00 bits per heavy atom. The molecule has 3 aromatic carbocycles. The van der Waals surface area contributed by atoms with Gasteiger partial charge in [-0.15, -0.1) is 0 Å². The first kappa shape index (κ1) is 15.6.